The quantitative estimate of drug-likeness (QED) is 0.768. The van der Waals surface area contributed by atoms with Crippen LogP contribution in [0.5, 0.6) is 0 Å². The second-order valence-electron chi connectivity index (χ2n) is 5.95. The van der Waals surface area contributed by atoms with E-state index in [1.165, 1.54) is 44.9 Å². The van der Waals surface area contributed by atoms with Crippen LogP contribution in [0.2, 0.25) is 0 Å². The molecule has 1 saturated heterocycles. The largest absolute Gasteiger partial charge is 0.481 e. The highest BCUT2D eigenvalue weighted by molar-refractivity contribution is 5.70. The third kappa shape index (κ3) is 3.71. The summed E-state index contributed by atoms with van der Waals surface area (Å²) in [7, 11) is 0. The number of carboxylic acids is 1. The van der Waals surface area contributed by atoms with Gasteiger partial charge >= 0.3 is 5.97 Å². The standard InChI is InChI=1S/C15H27NO2/c17-15(18)13-9-5-4-6-10-14(13)16-11-7-2-1-3-8-12-16/h13-14H,1-12H2,(H,17,18). The molecule has 3 heteroatoms. The minimum atomic E-state index is -0.566. The molecule has 0 aromatic heterocycles. The van der Waals surface area contributed by atoms with Crippen LogP contribution in [0.4, 0.5) is 0 Å². The maximum absolute atomic E-state index is 11.5. The fraction of sp³-hybridized carbons (Fsp3) is 0.933. The van der Waals surface area contributed by atoms with E-state index in [0.29, 0.717) is 6.04 Å². The van der Waals surface area contributed by atoms with Crippen LogP contribution >= 0.6 is 0 Å². The average molecular weight is 253 g/mol. The van der Waals surface area contributed by atoms with Gasteiger partial charge in [0.2, 0.25) is 0 Å². The van der Waals surface area contributed by atoms with Crippen molar-refractivity contribution in [2.24, 2.45) is 5.92 Å². The van der Waals surface area contributed by atoms with Crippen molar-refractivity contribution in [3.63, 3.8) is 0 Å². The van der Waals surface area contributed by atoms with Gasteiger partial charge in [0.15, 0.2) is 0 Å². The van der Waals surface area contributed by atoms with Crippen molar-refractivity contribution in [3.8, 4) is 0 Å². The van der Waals surface area contributed by atoms with Crippen LogP contribution in [-0.2, 0) is 4.79 Å². The van der Waals surface area contributed by atoms with E-state index in [0.717, 1.165) is 32.4 Å². The fourth-order valence-electron chi connectivity index (χ4n) is 3.62. The van der Waals surface area contributed by atoms with Crippen LogP contribution in [-0.4, -0.2) is 35.1 Å². The van der Waals surface area contributed by atoms with Crippen molar-refractivity contribution in [3.05, 3.63) is 0 Å². The van der Waals surface area contributed by atoms with Gasteiger partial charge in [-0.25, -0.2) is 0 Å². The Morgan fingerprint density at radius 1 is 0.833 bits per heavy atom. The van der Waals surface area contributed by atoms with Gasteiger partial charge in [0.05, 0.1) is 5.92 Å². The summed E-state index contributed by atoms with van der Waals surface area (Å²) >= 11 is 0. The van der Waals surface area contributed by atoms with E-state index >= 15 is 0 Å². The highest BCUT2D eigenvalue weighted by atomic mass is 16.4. The Bertz CT molecular complexity index is 259. The molecule has 3 nitrogen and oxygen atoms in total. The van der Waals surface area contributed by atoms with Gasteiger partial charge in [-0.15, -0.1) is 0 Å². The first-order valence-electron chi connectivity index (χ1n) is 7.76. The van der Waals surface area contributed by atoms with Crippen molar-refractivity contribution in [2.45, 2.75) is 70.3 Å². The van der Waals surface area contributed by atoms with Gasteiger partial charge in [0, 0.05) is 6.04 Å². The molecule has 2 aliphatic rings. The van der Waals surface area contributed by atoms with Crippen LogP contribution in [0.3, 0.4) is 0 Å². The fourth-order valence-corrected chi connectivity index (χ4v) is 3.62. The molecule has 2 rings (SSSR count). The molecule has 18 heavy (non-hydrogen) atoms. The topological polar surface area (TPSA) is 40.5 Å². The monoisotopic (exact) mass is 253 g/mol. The molecule has 1 aliphatic carbocycles. The molecule has 1 saturated carbocycles. The highest BCUT2D eigenvalue weighted by Gasteiger charge is 2.33. The van der Waals surface area contributed by atoms with Gasteiger partial charge in [-0.3, -0.25) is 9.69 Å². The third-order valence-electron chi connectivity index (χ3n) is 4.66. The normalized spacial score (nSPS) is 32.2. The molecule has 1 N–H and O–H groups in total. The average Bonchev–Trinajstić information content (AvgIpc) is 2.54. The van der Waals surface area contributed by atoms with Crippen LogP contribution in [0.15, 0.2) is 0 Å². The van der Waals surface area contributed by atoms with Crippen molar-refractivity contribution < 1.29 is 9.90 Å². The van der Waals surface area contributed by atoms with Crippen LogP contribution < -0.4 is 0 Å². The van der Waals surface area contributed by atoms with E-state index in [-0.39, 0.29) is 5.92 Å². The molecule has 0 aromatic carbocycles. The Kier molecular flexibility index (Phi) is 5.48. The van der Waals surface area contributed by atoms with E-state index in [4.69, 9.17) is 0 Å². The summed E-state index contributed by atoms with van der Waals surface area (Å²) < 4.78 is 0. The second-order valence-corrected chi connectivity index (χ2v) is 5.95. The van der Waals surface area contributed by atoms with Gasteiger partial charge < -0.3 is 5.11 Å². The van der Waals surface area contributed by atoms with Crippen LogP contribution in [0.25, 0.3) is 0 Å². The minimum Gasteiger partial charge on any atom is -0.481 e. The van der Waals surface area contributed by atoms with E-state index in [1.54, 1.807) is 0 Å². The van der Waals surface area contributed by atoms with Crippen molar-refractivity contribution in [1.82, 2.24) is 4.90 Å². The highest BCUT2D eigenvalue weighted by Crippen LogP contribution is 2.29. The first-order valence-corrected chi connectivity index (χ1v) is 7.76. The lowest BCUT2D eigenvalue weighted by Crippen LogP contribution is -2.44. The maximum Gasteiger partial charge on any atom is 0.308 e. The lowest BCUT2D eigenvalue weighted by atomic mass is 9.92. The SMILES string of the molecule is O=C(O)C1CCCCCC1N1CCCCCCC1. The number of carbonyl (C=O) groups is 1. The third-order valence-corrected chi connectivity index (χ3v) is 4.66. The van der Waals surface area contributed by atoms with E-state index in [2.05, 4.69) is 4.90 Å². The molecule has 0 bridgehead atoms. The number of hydrogen-bond donors (Lipinski definition) is 1. The van der Waals surface area contributed by atoms with Crippen LogP contribution in [0.1, 0.15) is 64.2 Å². The maximum atomic E-state index is 11.5. The van der Waals surface area contributed by atoms with E-state index in [1.807, 2.05) is 0 Å². The van der Waals surface area contributed by atoms with Gasteiger partial charge in [0.25, 0.3) is 0 Å². The molecular formula is C15H27NO2. The van der Waals surface area contributed by atoms with E-state index < -0.39 is 5.97 Å². The summed E-state index contributed by atoms with van der Waals surface area (Å²) in [4.78, 5) is 14.0. The Labute approximate surface area is 111 Å². The number of rotatable bonds is 2. The van der Waals surface area contributed by atoms with Crippen molar-refractivity contribution in [1.29, 1.82) is 0 Å². The zero-order valence-electron chi connectivity index (χ0n) is 11.4. The van der Waals surface area contributed by atoms with Gasteiger partial charge in [0.1, 0.15) is 0 Å². The van der Waals surface area contributed by atoms with Gasteiger partial charge in [-0.05, 0) is 38.8 Å². The Hall–Kier alpha value is -0.570. The molecule has 2 fully saturated rings. The predicted octanol–water partition coefficient (Wildman–Crippen LogP) is 3.29. The van der Waals surface area contributed by atoms with Gasteiger partial charge in [-0.2, -0.15) is 0 Å². The first-order chi connectivity index (χ1) is 8.79. The first kappa shape index (κ1) is 13.9. The van der Waals surface area contributed by atoms with Crippen molar-refractivity contribution >= 4 is 5.97 Å². The number of aliphatic carboxylic acids is 1. The summed E-state index contributed by atoms with van der Waals surface area (Å²) in [6.45, 7) is 2.24. The smallest absolute Gasteiger partial charge is 0.308 e. The molecule has 2 unspecified atom stereocenters. The van der Waals surface area contributed by atoms with E-state index in [9.17, 15) is 9.90 Å². The molecule has 1 heterocycles. The lowest BCUT2D eigenvalue weighted by Gasteiger charge is -2.35. The van der Waals surface area contributed by atoms with Crippen LogP contribution in [0, 0.1) is 5.92 Å². The summed E-state index contributed by atoms with van der Waals surface area (Å²) in [5, 5.41) is 9.46. The molecule has 1 aliphatic heterocycles. The molecule has 0 aromatic rings. The zero-order chi connectivity index (χ0) is 12.8. The summed E-state index contributed by atoms with van der Waals surface area (Å²) in [5.74, 6) is -0.684. The predicted molar refractivity (Wildman–Crippen MR) is 72.7 cm³/mol. The van der Waals surface area contributed by atoms with Gasteiger partial charge in [-0.1, -0.05) is 38.5 Å². The lowest BCUT2D eigenvalue weighted by molar-refractivity contribution is -0.144. The summed E-state index contributed by atoms with van der Waals surface area (Å²) in [5.41, 5.74) is 0. The molecule has 0 radical (unpaired) electrons. The minimum absolute atomic E-state index is 0.119. The zero-order valence-corrected chi connectivity index (χ0v) is 11.4. The Morgan fingerprint density at radius 3 is 2.06 bits per heavy atom. The molecule has 2 atom stereocenters. The number of likely N-dealkylation sites (tertiary alicyclic amines) is 1. The molecule has 0 spiro atoms. The number of hydrogen-bond acceptors (Lipinski definition) is 2. The number of carboxylic acid groups (broad SMARTS) is 1. The molecule has 104 valence electrons. The second kappa shape index (κ2) is 7.13. The molecular weight excluding hydrogens is 226 g/mol. The molecule has 0 amide bonds. The van der Waals surface area contributed by atoms with Crippen molar-refractivity contribution in [2.75, 3.05) is 13.1 Å². The summed E-state index contributed by atoms with van der Waals surface area (Å²) in [6.07, 6.45) is 12.0. The Morgan fingerprint density at radius 2 is 1.39 bits per heavy atom. The number of nitrogens with zero attached hydrogens (tertiary/aromatic N) is 1. The summed E-state index contributed by atoms with van der Waals surface area (Å²) in [6, 6.07) is 0.308. The Balaban J connectivity index is 2.02.